The van der Waals surface area contributed by atoms with E-state index in [0.717, 1.165) is 10.6 Å². The molecule has 2 heterocycles. The monoisotopic (exact) mass is 308 g/mol. The lowest BCUT2D eigenvalue weighted by Gasteiger charge is -2.02. The van der Waals surface area contributed by atoms with Crippen LogP contribution < -0.4 is 5.32 Å². The van der Waals surface area contributed by atoms with E-state index in [9.17, 15) is 9.59 Å². The van der Waals surface area contributed by atoms with Crippen molar-refractivity contribution in [2.24, 2.45) is 0 Å². The Balaban J connectivity index is 1.83. The molecule has 0 atom stereocenters. The van der Waals surface area contributed by atoms with Crippen molar-refractivity contribution >= 4 is 29.1 Å². The Labute approximate surface area is 126 Å². The van der Waals surface area contributed by atoms with E-state index >= 15 is 0 Å². The van der Waals surface area contributed by atoms with E-state index in [1.807, 2.05) is 26.8 Å². The first-order valence-electron chi connectivity index (χ1n) is 6.45. The van der Waals surface area contributed by atoms with Crippen LogP contribution in [0, 0.1) is 6.92 Å². The van der Waals surface area contributed by atoms with Crippen molar-refractivity contribution in [3.8, 4) is 0 Å². The highest BCUT2D eigenvalue weighted by atomic mass is 32.1. The van der Waals surface area contributed by atoms with Crippen LogP contribution in [0.2, 0.25) is 0 Å². The lowest BCUT2D eigenvalue weighted by Crippen LogP contribution is -2.20. The number of amides is 1. The Morgan fingerprint density at radius 2 is 2.19 bits per heavy atom. The lowest BCUT2D eigenvalue weighted by molar-refractivity contribution is -0.119. The van der Waals surface area contributed by atoms with Gasteiger partial charge in [-0.05, 0) is 25.0 Å². The third-order valence-corrected chi connectivity index (χ3v) is 3.64. The number of aromatic nitrogens is 1. The predicted molar refractivity (Wildman–Crippen MR) is 78.6 cm³/mol. The zero-order chi connectivity index (χ0) is 15.4. The molecule has 0 aliphatic carbocycles. The second-order valence-electron chi connectivity index (χ2n) is 4.81. The van der Waals surface area contributed by atoms with Crippen molar-refractivity contribution in [1.82, 2.24) is 5.16 Å². The number of nitrogens with zero attached hydrogens (tertiary/aromatic N) is 1. The maximum Gasteiger partial charge on any atom is 0.348 e. The van der Waals surface area contributed by atoms with Crippen LogP contribution in [-0.2, 0) is 9.53 Å². The normalized spacial score (nSPS) is 10.7. The van der Waals surface area contributed by atoms with Crippen molar-refractivity contribution in [1.29, 1.82) is 0 Å². The number of thiophene rings is 1. The molecule has 2 aromatic rings. The van der Waals surface area contributed by atoms with Crippen molar-refractivity contribution < 1.29 is 18.8 Å². The minimum atomic E-state index is -0.510. The first kappa shape index (κ1) is 15.2. The molecule has 0 saturated carbocycles. The predicted octanol–water partition coefficient (Wildman–Crippen LogP) is 2.96. The summed E-state index contributed by atoms with van der Waals surface area (Å²) in [6.07, 6.45) is 0. The molecule has 0 aliphatic rings. The maximum atomic E-state index is 11.7. The molecule has 6 nitrogen and oxygen atoms in total. The van der Waals surface area contributed by atoms with Crippen molar-refractivity contribution in [3.63, 3.8) is 0 Å². The average Bonchev–Trinajstić information content (AvgIpc) is 3.05. The van der Waals surface area contributed by atoms with Gasteiger partial charge in [0.15, 0.2) is 6.61 Å². The van der Waals surface area contributed by atoms with Crippen molar-refractivity contribution in [3.05, 3.63) is 33.6 Å². The fourth-order valence-electron chi connectivity index (χ4n) is 1.54. The Morgan fingerprint density at radius 3 is 2.76 bits per heavy atom. The Bertz CT molecular complexity index is 645. The van der Waals surface area contributed by atoms with Gasteiger partial charge in [0, 0.05) is 10.9 Å². The van der Waals surface area contributed by atoms with E-state index in [-0.39, 0.29) is 18.4 Å². The number of ether oxygens (including phenoxy) is 1. The zero-order valence-corrected chi connectivity index (χ0v) is 12.8. The van der Waals surface area contributed by atoms with Gasteiger partial charge < -0.3 is 9.26 Å². The third kappa shape index (κ3) is 4.16. The molecule has 0 bridgehead atoms. The van der Waals surface area contributed by atoms with E-state index < -0.39 is 11.9 Å². The van der Waals surface area contributed by atoms with Crippen LogP contribution >= 0.6 is 11.3 Å². The van der Waals surface area contributed by atoms with Crippen LogP contribution in [0.4, 0.5) is 5.88 Å². The van der Waals surface area contributed by atoms with E-state index in [1.54, 1.807) is 12.1 Å². The molecular formula is C14H16N2O4S. The number of carbonyl (C=O) groups is 2. The van der Waals surface area contributed by atoms with Crippen molar-refractivity contribution in [2.75, 3.05) is 11.9 Å². The maximum absolute atomic E-state index is 11.7. The summed E-state index contributed by atoms with van der Waals surface area (Å²) >= 11 is 1.32. The van der Waals surface area contributed by atoms with E-state index in [0.29, 0.717) is 4.88 Å². The van der Waals surface area contributed by atoms with Crippen LogP contribution in [-0.4, -0.2) is 23.6 Å². The van der Waals surface area contributed by atoms with Gasteiger partial charge in [-0.3, -0.25) is 10.1 Å². The molecule has 1 amide bonds. The number of hydrogen-bond acceptors (Lipinski definition) is 6. The molecule has 0 unspecified atom stereocenters. The van der Waals surface area contributed by atoms with Crippen LogP contribution in [0.1, 0.15) is 40.0 Å². The molecule has 112 valence electrons. The van der Waals surface area contributed by atoms with Gasteiger partial charge in [0.05, 0.1) is 5.69 Å². The molecule has 2 aromatic heterocycles. The highest BCUT2D eigenvalue weighted by molar-refractivity contribution is 7.13. The fourth-order valence-corrected chi connectivity index (χ4v) is 2.30. The standard InChI is InChI=1S/C14H16N2O4S/c1-8(2)10-6-13(20-16-10)15-12(17)7-19-14(18)11-5-4-9(3)21-11/h4-6,8H,7H2,1-3H3,(H,15,17). The number of rotatable bonds is 5. The average molecular weight is 308 g/mol. The van der Waals surface area contributed by atoms with Crippen LogP contribution in [0.15, 0.2) is 22.7 Å². The van der Waals surface area contributed by atoms with Gasteiger partial charge in [-0.15, -0.1) is 11.3 Å². The van der Waals surface area contributed by atoms with Gasteiger partial charge in [0.1, 0.15) is 4.88 Å². The van der Waals surface area contributed by atoms with Gasteiger partial charge in [0.25, 0.3) is 5.91 Å². The summed E-state index contributed by atoms with van der Waals surface area (Å²) in [5.41, 5.74) is 0.747. The molecule has 0 aromatic carbocycles. The number of nitrogens with one attached hydrogen (secondary N) is 1. The quantitative estimate of drug-likeness (QED) is 0.859. The first-order chi connectivity index (χ1) is 9.95. The largest absolute Gasteiger partial charge is 0.451 e. The number of esters is 1. The molecular weight excluding hydrogens is 292 g/mol. The summed E-state index contributed by atoms with van der Waals surface area (Å²) in [5, 5.41) is 6.31. The van der Waals surface area contributed by atoms with E-state index in [2.05, 4.69) is 10.5 Å². The summed E-state index contributed by atoms with van der Waals surface area (Å²) in [7, 11) is 0. The zero-order valence-electron chi connectivity index (χ0n) is 12.0. The summed E-state index contributed by atoms with van der Waals surface area (Å²) in [5.74, 6) is -0.530. The number of carbonyl (C=O) groups excluding carboxylic acids is 2. The molecule has 21 heavy (non-hydrogen) atoms. The van der Waals surface area contributed by atoms with Crippen LogP contribution in [0.3, 0.4) is 0 Å². The molecule has 0 radical (unpaired) electrons. The lowest BCUT2D eigenvalue weighted by atomic mass is 10.1. The molecule has 7 heteroatoms. The summed E-state index contributed by atoms with van der Waals surface area (Å²) < 4.78 is 9.90. The van der Waals surface area contributed by atoms with E-state index in [4.69, 9.17) is 9.26 Å². The first-order valence-corrected chi connectivity index (χ1v) is 7.27. The summed E-state index contributed by atoms with van der Waals surface area (Å²) in [6.45, 7) is 5.46. The highest BCUT2D eigenvalue weighted by Gasteiger charge is 2.14. The Morgan fingerprint density at radius 1 is 1.43 bits per heavy atom. The van der Waals surface area contributed by atoms with Crippen LogP contribution in [0.25, 0.3) is 0 Å². The minimum absolute atomic E-state index is 0.208. The molecule has 0 saturated heterocycles. The fraction of sp³-hybridized carbons (Fsp3) is 0.357. The smallest absolute Gasteiger partial charge is 0.348 e. The van der Waals surface area contributed by atoms with Gasteiger partial charge in [-0.25, -0.2) is 4.79 Å². The third-order valence-electron chi connectivity index (χ3n) is 2.66. The second kappa shape index (κ2) is 6.53. The second-order valence-corrected chi connectivity index (χ2v) is 6.09. The molecule has 2 rings (SSSR count). The van der Waals surface area contributed by atoms with Crippen LogP contribution in [0.5, 0.6) is 0 Å². The van der Waals surface area contributed by atoms with Gasteiger partial charge in [-0.2, -0.15) is 0 Å². The highest BCUT2D eigenvalue weighted by Crippen LogP contribution is 2.18. The van der Waals surface area contributed by atoms with E-state index in [1.165, 1.54) is 11.3 Å². The SMILES string of the molecule is Cc1ccc(C(=O)OCC(=O)Nc2cc(C(C)C)no2)s1. The van der Waals surface area contributed by atoms with Gasteiger partial charge in [0.2, 0.25) is 5.88 Å². The van der Waals surface area contributed by atoms with Crippen molar-refractivity contribution in [2.45, 2.75) is 26.7 Å². The number of aryl methyl sites for hydroxylation is 1. The minimum Gasteiger partial charge on any atom is -0.451 e. The number of hydrogen-bond donors (Lipinski definition) is 1. The summed E-state index contributed by atoms with van der Waals surface area (Å²) in [4.78, 5) is 24.8. The Kier molecular flexibility index (Phi) is 4.74. The molecule has 1 N–H and O–H groups in total. The van der Waals surface area contributed by atoms with Gasteiger partial charge >= 0.3 is 5.97 Å². The molecule has 0 aliphatic heterocycles. The topological polar surface area (TPSA) is 81.4 Å². The number of anilines is 1. The summed E-state index contributed by atoms with van der Waals surface area (Å²) in [6, 6.07) is 5.14. The molecule has 0 fully saturated rings. The Hall–Kier alpha value is -2.15. The van der Waals surface area contributed by atoms with Gasteiger partial charge in [-0.1, -0.05) is 19.0 Å². The molecule has 0 spiro atoms.